The summed E-state index contributed by atoms with van der Waals surface area (Å²) in [4.78, 5) is 0. The van der Waals surface area contributed by atoms with E-state index in [9.17, 15) is 0 Å². The maximum Gasteiger partial charge on any atom is 0.175 e. The lowest BCUT2D eigenvalue weighted by molar-refractivity contribution is 1.46. The van der Waals surface area contributed by atoms with Crippen molar-refractivity contribution in [3.63, 3.8) is 0 Å². The number of anilines is 2. The highest BCUT2D eigenvalue weighted by Crippen LogP contribution is 2.32. The zero-order chi connectivity index (χ0) is 14.7. The van der Waals surface area contributed by atoms with Crippen LogP contribution in [0.3, 0.4) is 0 Å². The van der Waals surface area contributed by atoms with Crippen molar-refractivity contribution in [3.8, 4) is 0 Å². The molecule has 20 heavy (non-hydrogen) atoms. The van der Waals surface area contributed by atoms with Gasteiger partial charge in [0.25, 0.3) is 0 Å². The van der Waals surface area contributed by atoms with E-state index in [1.807, 2.05) is 31.2 Å². The third-order valence-corrected chi connectivity index (χ3v) is 3.77. The van der Waals surface area contributed by atoms with E-state index >= 15 is 0 Å². The summed E-state index contributed by atoms with van der Waals surface area (Å²) in [6.45, 7) is 2.01. The molecule has 0 fully saturated rings. The van der Waals surface area contributed by atoms with Gasteiger partial charge in [-0.15, -0.1) is 0 Å². The predicted octanol–water partition coefficient (Wildman–Crippen LogP) is 5.76. The van der Waals surface area contributed by atoms with Crippen molar-refractivity contribution in [2.75, 3.05) is 10.6 Å². The molecule has 2 aromatic rings. The molecule has 0 heterocycles. The Kier molecular flexibility index (Phi) is 5.11. The second-order valence-corrected chi connectivity index (χ2v) is 5.82. The third kappa shape index (κ3) is 4.00. The second-order valence-electron chi connectivity index (χ2n) is 4.19. The molecule has 0 bridgehead atoms. The van der Waals surface area contributed by atoms with Crippen LogP contribution in [-0.4, -0.2) is 5.11 Å². The topological polar surface area (TPSA) is 24.1 Å². The van der Waals surface area contributed by atoms with Crippen molar-refractivity contribution < 1.29 is 0 Å². The van der Waals surface area contributed by atoms with Crippen LogP contribution in [0.4, 0.5) is 11.4 Å². The Balaban J connectivity index is 2.10. The average Bonchev–Trinajstić information content (AvgIpc) is 2.36. The smallest absolute Gasteiger partial charge is 0.175 e. The van der Waals surface area contributed by atoms with Crippen molar-refractivity contribution in [1.29, 1.82) is 0 Å². The van der Waals surface area contributed by atoms with Crippen LogP contribution in [0, 0.1) is 6.92 Å². The fraction of sp³-hybridized carbons (Fsp3) is 0.0714. The normalized spacial score (nSPS) is 10.2. The number of hydrogen-bond acceptors (Lipinski definition) is 1. The summed E-state index contributed by atoms with van der Waals surface area (Å²) in [6, 6.07) is 11.1. The zero-order valence-electron chi connectivity index (χ0n) is 10.5. The molecule has 6 heteroatoms. The summed E-state index contributed by atoms with van der Waals surface area (Å²) < 4.78 is 0. The number of aryl methyl sites for hydroxylation is 1. The van der Waals surface area contributed by atoms with E-state index in [1.165, 1.54) is 0 Å². The minimum absolute atomic E-state index is 0.403. The Morgan fingerprint density at radius 2 is 1.65 bits per heavy atom. The molecule has 0 aliphatic carbocycles. The molecular formula is C14H11Cl3N2S. The number of rotatable bonds is 2. The third-order valence-electron chi connectivity index (χ3n) is 2.53. The number of nitrogens with one attached hydrogen (secondary N) is 2. The number of benzene rings is 2. The van der Waals surface area contributed by atoms with Gasteiger partial charge in [0.2, 0.25) is 0 Å². The lowest BCUT2D eigenvalue weighted by Gasteiger charge is -2.13. The first kappa shape index (κ1) is 15.4. The minimum Gasteiger partial charge on any atom is -0.332 e. The van der Waals surface area contributed by atoms with E-state index in [4.69, 9.17) is 47.0 Å². The van der Waals surface area contributed by atoms with Gasteiger partial charge < -0.3 is 10.6 Å². The van der Waals surface area contributed by atoms with E-state index in [2.05, 4.69) is 10.6 Å². The van der Waals surface area contributed by atoms with Crippen LogP contribution in [0.15, 0.2) is 36.4 Å². The molecule has 0 radical (unpaired) electrons. The van der Waals surface area contributed by atoms with E-state index in [0.29, 0.717) is 25.9 Å². The monoisotopic (exact) mass is 344 g/mol. The molecule has 0 spiro atoms. The Morgan fingerprint density at radius 3 is 2.35 bits per heavy atom. The van der Waals surface area contributed by atoms with Crippen molar-refractivity contribution in [2.45, 2.75) is 6.92 Å². The maximum absolute atomic E-state index is 6.08. The maximum atomic E-state index is 6.08. The molecular weight excluding hydrogens is 335 g/mol. The first-order valence-electron chi connectivity index (χ1n) is 5.75. The Bertz CT molecular complexity index is 659. The molecule has 0 atom stereocenters. The molecule has 2 nitrogen and oxygen atoms in total. The van der Waals surface area contributed by atoms with Crippen molar-refractivity contribution in [1.82, 2.24) is 0 Å². The molecule has 2 rings (SSSR count). The summed E-state index contributed by atoms with van der Waals surface area (Å²) in [5.41, 5.74) is 2.65. The van der Waals surface area contributed by atoms with Gasteiger partial charge in [-0.2, -0.15) is 0 Å². The van der Waals surface area contributed by atoms with Gasteiger partial charge in [-0.05, 0) is 49.0 Å². The number of halogens is 3. The molecule has 0 aliphatic heterocycles. The molecule has 2 aromatic carbocycles. The van der Waals surface area contributed by atoms with Gasteiger partial charge >= 0.3 is 0 Å². The standard InChI is InChI=1S/C14H11Cl3N2S/c1-8-3-2-4-9(5-8)18-14(20)19-13-7-11(16)10(15)6-12(13)17/h2-7H,1H3,(H2,18,19,20). The van der Waals surface area contributed by atoms with Gasteiger partial charge in [0.05, 0.1) is 20.8 Å². The first-order valence-corrected chi connectivity index (χ1v) is 7.29. The molecule has 0 saturated carbocycles. The highest BCUT2D eigenvalue weighted by atomic mass is 35.5. The fourth-order valence-corrected chi connectivity index (χ4v) is 2.45. The molecule has 104 valence electrons. The molecule has 0 saturated heterocycles. The summed E-state index contributed by atoms with van der Waals surface area (Å²) in [5, 5.41) is 7.76. The van der Waals surface area contributed by atoms with Crippen LogP contribution >= 0.6 is 47.0 Å². The SMILES string of the molecule is Cc1cccc(NC(=S)Nc2cc(Cl)c(Cl)cc2Cl)c1. The van der Waals surface area contributed by atoms with Gasteiger partial charge in [0.1, 0.15) is 0 Å². The quantitative estimate of drug-likeness (QED) is 0.534. The van der Waals surface area contributed by atoms with Gasteiger partial charge in [-0.25, -0.2) is 0 Å². The predicted molar refractivity (Wildman–Crippen MR) is 92.5 cm³/mol. The first-order chi connectivity index (χ1) is 9.45. The number of hydrogen-bond donors (Lipinski definition) is 2. The summed E-state index contributed by atoms with van der Waals surface area (Å²) in [7, 11) is 0. The Hall–Kier alpha value is -1.000. The van der Waals surface area contributed by atoms with Gasteiger partial charge in [0.15, 0.2) is 5.11 Å². The van der Waals surface area contributed by atoms with E-state index in [-0.39, 0.29) is 0 Å². The summed E-state index contributed by atoms with van der Waals surface area (Å²) in [6.07, 6.45) is 0. The molecule has 0 aromatic heterocycles. The fourth-order valence-electron chi connectivity index (χ4n) is 1.63. The van der Waals surface area contributed by atoms with Crippen LogP contribution in [0.2, 0.25) is 15.1 Å². The van der Waals surface area contributed by atoms with Crippen LogP contribution in [0.1, 0.15) is 5.56 Å². The summed E-state index contributed by atoms with van der Waals surface area (Å²) in [5.74, 6) is 0. The van der Waals surface area contributed by atoms with Crippen LogP contribution < -0.4 is 10.6 Å². The van der Waals surface area contributed by atoms with Gasteiger partial charge in [0, 0.05) is 5.69 Å². The molecule has 0 unspecified atom stereocenters. The number of thiocarbonyl (C=S) groups is 1. The highest BCUT2D eigenvalue weighted by Gasteiger charge is 2.07. The van der Waals surface area contributed by atoms with E-state index in [0.717, 1.165) is 11.3 Å². The lowest BCUT2D eigenvalue weighted by atomic mass is 10.2. The average molecular weight is 346 g/mol. The Morgan fingerprint density at radius 1 is 0.950 bits per heavy atom. The van der Waals surface area contributed by atoms with Crippen molar-refractivity contribution in [2.24, 2.45) is 0 Å². The molecule has 2 N–H and O–H groups in total. The van der Waals surface area contributed by atoms with E-state index in [1.54, 1.807) is 12.1 Å². The van der Waals surface area contributed by atoms with Gasteiger partial charge in [-0.1, -0.05) is 46.9 Å². The second kappa shape index (κ2) is 6.64. The summed E-state index contributed by atoms with van der Waals surface area (Å²) >= 11 is 23.2. The van der Waals surface area contributed by atoms with Crippen molar-refractivity contribution >= 4 is 63.5 Å². The zero-order valence-corrected chi connectivity index (χ0v) is 13.6. The highest BCUT2D eigenvalue weighted by molar-refractivity contribution is 7.80. The largest absolute Gasteiger partial charge is 0.332 e. The van der Waals surface area contributed by atoms with Crippen molar-refractivity contribution in [3.05, 3.63) is 57.0 Å². The minimum atomic E-state index is 0.403. The Labute approximate surface area is 138 Å². The van der Waals surface area contributed by atoms with Crippen LogP contribution in [-0.2, 0) is 0 Å². The van der Waals surface area contributed by atoms with E-state index < -0.39 is 0 Å². The molecule has 0 amide bonds. The van der Waals surface area contributed by atoms with Crippen LogP contribution in [0.25, 0.3) is 0 Å². The molecule has 0 aliphatic rings. The van der Waals surface area contributed by atoms with Gasteiger partial charge in [-0.3, -0.25) is 0 Å². The lowest BCUT2D eigenvalue weighted by Crippen LogP contribution is -2.19. The van der Waals surface area contributed by atoms with Crippen LogP contribution in [0.5, 0.6) is 0 Å².